The fourth-order valence-corrected chi connectivity index (χ4v) is 2.80. The minimum absolute atomic E-state index is 0.0551. The number of carbonyl (C=O) groups excluding carboxylic acids is 1. The van der Waals surface area contributed by atoms with Crippen molar-refractivity contribution in [1.29, 1.82) is 0 Å². The molecule has 0 aromatic heterocycles. The molecule has 0 saturated heterocycles. The van der Waals surface area contributed by atoms with Gasteiger partial charge in [-0.25, -0.2) is 13.6 Å². The highest BCUT2D eigenvalue weighted by Gasteiger charge is 2.10. The Labute approximate surface area is 131 Å². The van der Waals surface area contributed by atoms with Crippen LogP contribution in [0.4, 0.5) is 0 Å². The maximum absolute atomic E-state index is 11.8. The first-order chi connectivity index (χ1) is 10.4. The van der Waals surface area contributed by atoms with Crippen LogP contribution in [0.1, 0.15) is 24.8 Å². The molecule has 1 aliphatic carbocycles. The van der Waals surface area contributed by atoms with Gasteiger partial charge in [0.1, 0.15) is 0 Å². The Hall–Kier alpha value is -1.92. The van der Waals surface area contributed by atoms with Gasteiger partial charge in [-0.2, -0.15) is 0 Å². The summed E-state index contributed by atoms with van der Waals surface area (Å²) >= 11 is 0. The molecule has 1 aromatic carbocycles. The molecular weight excluding hydrogens is 300 g/mol. The molecule has 0 spiro atoms. The lowest BCUT2D eigenvalue weighted by molar-refractivity contribution is -0.116. The Balaban J connectivity index is 1.85. The summed E-state index contributed by atoms with van der Waals surface area (Å²) in [6.07, 6.45) is 10.6. The molecule has 0 heterocycles. The van der Waals surface area contributed by atoms with Gasteiger partial charge in [0.05, 0.1) is 4.90 Å². The van der Waals surface area contributed by atoms with Gasteiger partial charge >= 0.3 is 0 Å². The summed E-state index contributed by atoms with van der Waals surface area (Å²) in [6.45, 7) is 0.678. The van der Waals surface area contributed by atoms with Crippen molar-refractivity contribution < 1.29 is 13.2 Å². The molecule has 5 nitrogen and oxygen atoms in total. The number of allylic oxidation sites excluding steroid dienone is 2. The Morgan fingerprint density at radius 3 is 2.59 bits per heavy atom. The number of nitrogens with one attached hydrogen (secondary N) is 1. The first-order valence-electron chi connectivity index (χ1n) is 7.19. The topological polar surface area (TPSA) is 89.3 Å². The number of nitrogens with two attached hydrogens (primary N) is 1. The third-order valence-electron chi connectivity index (χ3n) is 3.58. The second kappa shape index (κ2) is 7.38. The van der Waals surface area contributed by atoms with E-state index in [0.29, 0.717) is 12.5 Å². The molecule has 0 fully saturated rings. The number of primary sulfonamides is 1. The number of carbonyl (C=O) groups is 1. The summed E-state index contributed by atoms with van der Waals surface area (Å²) in [5.41, 5.74) is 0.739. The molecule has 1 unspecified atom stereocenters. The van der Waals surface area contributed by atoms with Crippen LogP contribution in [0.25, 0.3) is 6.08 Å². The van der Waals surface area contributed by atoms with Gasteiger partial charge in [-0.15, -0.1) is 0 Å². The molecule has 0 aliphatic heterocycles. The number of amides is 1. The van der Waals surface area contributed by atoms with Gasteiger partial charge in [-0.3, -0.25) is 4.79 Å². The van der Waals surface area contributed by atoms with E-state index in [1.54, 1.807) is 18.2 Å². The van der Waals surface area contributed by atoms with Crippen LogP contribution < -0.4 is 10.5 Å². The normalized spacial score (nSPS) is 18.5. The number of sulfonamides is 1. The van der Waals surface area contributed by atoms with E-state index in [-0.39, 0.29) is 10.8 Å². The van der Waals surface area contributed by atoms with Crippen LogP contribution in [0.2, 0.25) is 0 Å². The van der Waals surface area contributed by atoms with E-state index in [9.17, 15) is 13.2 Å². The van der Waals surface area contributed by atoms with Crippen molar-refractivity contribution in [2.45, 2.75) is 24.2 Å². The Kier molecular flexibility index (Phi) is 5.51. The van der Waals surface area contributed by atoms with Crippen LogP contribution in [-0.2, 0) is 14.8 Å². The van der Waals surface area contributed by atoms with Crippen LogP contribution in [0.3, 0.4) is 0 Å². The van der Waals surface area contributed by atoms with E-state index in [2.05, 4.69) is 17.5 Å². The molecule has 0 bridgehead atoms. The van der Waals surface area contributed by atoms with Gasteiger partial charge in [0, 0.05) is 12.6 Å². The summed E-state index contributed by atoms with van der Waals surface area (Å²) in [6, 6.07) is 6.05. The summed E-state index contributed by atoms with van der Waals surface area (Å²) in [5.74, 6) is 0.362. The van der Waals surface area contributed by atoms with Crippen molar-refractivity contribution in [3.63, 3.8) is 0 Å². The Morgan fingerprint density at radius 1 is 1.27 bits per heavy atom. The SMILES string of the molecule is NS(=O)(=O)c1ccc(/C=C/C(=O)NCC2CC=CCC2)cc1. The van der Waals surface area contributed by atoms with E-state index in [1.165, 1.54) is 18.2 Å². The lowest BCUT2D eigenvalue weighted by Gasteiger charge is -2.17. The highest BCUT2D eigenvalue weighted by molar-refractivity contribution is 7.89. The van der Waals surface area contributed by atoms with Crippen molar-refractivity contribution in [2.75, 3.05) is 6.54 Å². The zero-order chi connectivity index (χ0) is 16.0. The van der Waals surface area contributed by atoms with E-state index in [4.69, 9.17) is 5.14 Å². The zero-order valence-electron chi connectivity index (χ0n) is 12.2. The van der Waals surface area contributed by atoms with Crippen LogP contribution in [0.5, 0.6) is 0 Å². The summed E-state index contributed by atoms with van der Waals surface area (Å²) in [5, 5.41) is 7.91. The molecule has 1 amide bonds. The third kappa shape index (κ3) is 5.13. The predicted octanol–water partition coefficient (Wildman–Crippen LogP) is 1.82. The maximum atomic E-state index is 11.8. The highest BCUT2D eigenvalue weighted by Crippen LogP contribution is 2.16. The molecule has 1 aromatic rings. The largest absolute Gasteiger partial charge is 0.352 e. The van der Waals surface area contributed by atoms with Gasteiger partial charge in [0.25, 0.3) is 0 Å². The summed E-state index contributed by atoms with van der Waals surface area (Å²) < 4.78 is 22.3. The molecule has 2 rings (SSSR count). The van der Waals surface area contributed by atoms with Gasteiger partial charge < -0.3 is 5.32 Å². The minimum Gasteiger partial charge on any atom is -0.352 e. The van der Waals surface area contributed by atoms with Gasteiger partial charge in [-0.05, 0) is 49.0 Å². The van der Waals surface area contributed by atoms with Crippen molar-refractivity contribution in [3.05, 3.63) is 48.1 Å². The maximum Gasteiger partial charge on any atom is 0.244 e. The standard InChI is InChI=1S/C16H20N2O3S/c17-22(20,21)15-9-6-13(7-10-15)8-11-16(19)18-12-14-4-2-1-3-5-14/h1-2,6-11,14H,3-5,12H2,(H,18,19)(H2,17,20,21)/b11-8+. The molecular formula is C16H20N2O3S. The monoisotopic (exact) mass is 320 g/mol. The number of rotatable bonds is 5. The van der Waals surface area contributed by atoms with E-state index < -0.39 is 10.0 Å². The second-order valence-corrected chi connectivity index (χ2v) is 6.90. The van der Waals surface area contributed by atoms with E-state index in [1.807, 2.05) is 0 Å². The molecule has 6 heteroatoms. The number of hydrogen-bond donors (Lipinski definition) is 2. The molecule has 0 radical (unpaired) electrons. The van der Waals surface area contributed by atoms with Crippen LogP contribution in [-0.4, -0.2) is 20.9 Å². The average molecular weight is 320 g/mol. The van der Waals surface area contributed by atoms with Crippen molar-refractivity contribution in [3.8, 4) is 0 Å². The van der Waals surface area contributed by atoms with Gasteiger partial charge in [-0.1, -0.05) is 24.3 Å². The quantitative estimate of drug-likeness (QED) is 0.640. The zero-order valence-corrected chi connectivity index (χ0v) is 13.1. The van der Waals surface area contributed by atoms with Crippen molar-refractivity contribution in [1.82, 2.24) is 5.32 Å². The Morgan fingerprint density at radius 2 is 2.00 bits per heavy atom. The number of hydrogen-bond acceptors (Lipinski definition) is 3. The molecule has 1 atom stereocenters. The van der Waals surface area contributed by atoms with Gasteiger partial charge in [0.2, 0.25) is 15.9 Å². The van der Waals surface area contributed by atoms with Crippen molar-refractivity contribution in [2.24, 2.45) is 11.1 Å². The summed E-state index contributed by atoms with van der Waals surface area (Å²) in [4.78, 5) is 11.8. The minimum atomic E-state index is -3.68. The third-order valence-corrected chi connectivity index (χ3v) is 4.51. The second-order valence-electron chi connectivity index (χ2n) is 5.34. The lowest BCUT2D eigenvalue weighted by atomic mass is 9.94. The fraction of sp³-hybridized carbons (Fsp3) is 0.312. The lowest BCUT2D eigenvalue weighted by Crippen LogP contribution is -2.28. The smallest absolute Gasteiger partial charge is 0.244 e. The molecule has 0 saturated carbocycles. The molecule has 3 N–H and O–H groups in total. The molecule has 22 heavy (non-hydrogen) atoms. The first kappa shape index (κ1) is 16.5. The number of benzene rings is 1. The predicted molar refractivity (Wildman–Crippen MR) is 86.3 cm³/mol. The van der Waals surface area contributed by atoms with Gasteiger partial charge in [0.15, 0.2) is 0 Å². The summed E-state index contributed by atoms with van der Waals surface area (Å²) in [7, 11) is -3.68. The van der Waals surface area contributed by atoms with Crippen LogP contribution in [0.15, 0.2) is 47.4 Å². The van der Waals surface area contributed by atoms with E-state index >= 15 is 0 Å². The Bertz CT molecular complexity index is 676. The molecule has 118 valence electrons. The first-order valence-corrected chi connectivity index (χ1v) is 8.73. The van der Waals surface area contributed by atoms with E-state index in [0.717, 1.165) is 24.8 Å². The fourth-order valence-electron chi connectivity index (χ4n) is 2.29. The highest BCUT2D eigenvalue weighted by atomic mass is 32.2. The van der Waals surface area contributed by atoms with Crippen molar-refractivity contribution >= 4 is 22.0 Å². The average Bonchev–Trinajstić information content (AvgIpc) is 2.51. The molecule has 1 aliphatic rings. The van der Waals surface area contributed by atoms with Crippen LogP contribution in [0, 0.1) is 5.92 Å². The van der Waals surface area contributed by atoms with Crippen LogP contribution >= 0.6 is 0 Å².